The highest BCUT2D eigenvalue weighted by molar-refractivity contribution is 5.38. The summed E-state index contributed by atoms with van der Waals surface area (Å²) in [6.07, 6.45) is 3.11. The molecule has 1 rings (SSSR count). The Balaban J connectivity index is 2.46. The molecule has 0 aliphatic carbocycles. The fraction of sp³-hybridized carbons (Fsp3) is 0.625. The summed E-state index contributed by atoms with van der Waals surface area (Å²) in [4.78, 5) is 2.35. The highest BCUT2D eigenvalue weighted by Gasteiger charge is 2.05. The van der Waals surface area contributed by atoms with Gasteiger partial charge in [0.25, 0.3) is 0 Å². The van der Waals surface area contributed by atoms with Gasteiger partial charge in [-0.15, -0.1) is 0 Å². The van der Waals surface area contributed by atoms with E-state index in [1.54, 1.807) is 0 Å². The average molecular weight is 249 g/mol. The Labute approximate surface area is 112 Å². The molecule has 0 saturated heterocycles. The van der Waals surface area contributed by atoms with Gasteiger partial charge in [-0.25, -0.2) is 0 Å². The second-order valence-corrected chi connectivity index (χ2v) is 5.28. The lowest BCUT2D eigenvalue weighted by Gasteiger charge is -2.18. The summed E-state index contributed by atoms with van der Waals surface area (Å²) < 4.78 is 0. The lowest BCUT2D eigenvalue weighted by molar-refractivity contribution is 0.264. The Kier molecular flexibility index (Phi) is 6.37. The highest BCUT2D eigenvalue weighted by atomic mass is 16.2. The molecule has 18 heavy (non-hydrogen) atoms. The molecule has 0 aliphatic heterocycles. The van der Waals surface area contributed by atoms with Gasteiger partial charge in [0.1, 0.15) is 0 Å². The first-order chi connectivity index (χ1) is 8.56. The first-order valence-electron chi connectivity index (χ1n) is 6.91. The number of hydrogen-bond acceptors (Lipinski definition) is 2. The third-order valence-corrected chi connectivity index (χ3v) is 3.88. The van der Waals surface area contributed by atoms with E-state index >= 15 is 0 Å². The molecule has 0 unspecified atom stereocenters. The van der Waals surface area contributed by atoms with E-state index in [-0.39, 0.29) is 0 Å². The maximum atomic E-state index is 8.76. The van der Waals surface area contributed by atoms with E-state index in [2.05, 4.69) is 44.9 Å². The van der Waals surface area contributed by atoms with Crippen molar-refractivity contribution in [3.63, 3.8) is 0 Å². The zero-order chi connectivity index (χ0) is 13.5. The summed E-state index contributed by atoms with van der Waals surface area (Å²) in [5.41, 5.74) is 5.72. The summed E-state index contributed by atoms with van der Waals surface area (Å²) in [5, 5.41) is 8.76. The largest absolute Gasteiger partial charge is 0.396 e. The van der Waals surface area contributed by atoms with Crippen LogP contribution in [0.1, 0.15) is 35.1 Å². The van der Waals surface area contributed by atoms with E-state index < -0.39 is 0 Å². The molecule has 2 heteroatoms. The molecular formula is C16H27NO. The quantitative estimate of drug-likeness (QED) is 0.751. The molecule has 0 heterocycles. The van der Waals surface area contributed by atoms with Crippen LogP contribution in [0.4, 0.5) is 0 Å². The van der Waals surface area contributed by atoms with Crippen LogP contribution in [-0.2, 0) is 6.42 Å². The van der Waals surface area contributed by atoms with Gasteiger partial charge in [-0.1, -0.05) is 12.1 Å². The lowest BCUT2D eigenvalue weighted by atomic mass is 9.97. The summed E-state index contributed by atoms with van der Waals surface area (Å²) in [5.74, 6) is 0. The SMILES string of the molecule is Cc1ccc(CCN(C)CCCCO)c(C)c1C. The van der Waals surface area contributed by atoms with E-state index in [0.29, 0.717) is 6.61 Å². The van der Waals surface area contributed by atoms with Crippen LogP contribution in [0.3, 0.4) is 0 Å². The Morgan fingerprint density at radius 3 is 2.39 bits per heavy atom. The molecule has 0 aliphatic rings. The minimum Gasteiger partial charge on any atom is -0.396 e. The van der Waals surface area contributed by atoms with Crippen molar-refractivity contribution in [2.75, 3.05) is 26.7 Å². The zero-order valence-electron chi connectivity index (χ0n) is 12.3. The van der Waals surface area contributed by atoms with Gasteiger partial charge < -0.3 is 10.0 Å². The Bertz CT molecular complexity index is 374. The zero-order valence-corrected chi connectivity index (χ0v) is 12.3. The highest BCUT2D eigenvalue weighted by Crippen LogP contribution is 2.17. The first-order valence-corrected chi connectivity index (χ1v) is 6.91. The van der Waals surface area contributed by atoms with E-state index in [9.17, 15) is 0 Å². The van der Waals surface area contributed by atoms with E-state index in [1.807, 2.05) is 0 Å². The van der Waals surface area contributed by atoms with Gasteiger partial charge in [0.15, 0.2) is 0 Å². The standard InChI is InChI=1S/C16H27NO/c1-13-7-8-16(15(3)14(13)2)9-11-17(4)10-5-6-12-18/h7-8,18H,5-6,9-12H2,1-4H3. The van der Waals surface area contributed by atoms with Crippen molar-refractivity contribution in [1.29, 1.82) is 0 Å². The maximum Gasteiger partial charge on any atom is 0.0431 e. The van der Waals surface area contributed by atoms with E-state index in [1.165, 1.54) is 22.3 Å². The number of likely N-dealkylation sites (N-methyl/N-ethyl adjacent to an activating group) is 1. The Morgan fingerprint density at radius 1 is 1.00 bits per heavy atom. The number of benzene rings is 1. The van der Waals surface area contributed by atoms with Gasteiger partial charge in [-0.2, -0.15) is 0 Å². The molecule has 0 amide bonds. The van der Waals surface area contributed by atoms with Gasteiger partial charge >= 0.3 is 0 Å². The molecule has 0 fully saturated rings. The average Bonchev–Trinajstić information content (AvgIpc) is 2.35. The molecular weight excluding hydrogens is 222 g/mol. The van der Waals surface area contributed by atoms with Crippen molar-refractivity contribution >= 4 is 0 Å². The topological polar surface area (TPSA) is 23.5 Å². The molecule has 0 radical (unpaired) electrons. The van der Waals surface area contributed by atoms with Crippen molar-refractivity contribution < 1.29 is 5.11 Å². The van der Waals surface area contributed by atoms with Gasteiger partial charge in [0.2, 0.25) is 0 Å². The molecule has 0 bridgehead atoms. The number of hydrogen-bond donors (Lipinski definition) is 1. The van der Waals surface area contributed by atoms with Crippen molar-refractivity contribution in [2.24, 2.45) is 0 Å². The van der Waals surface area contributed by atoms with Crippen LogP contribution in [0, 0.1) is 20.8 Å². The van der Waals surface area contributed by atoms with Crippen LogP contribution >= 0.6 is 0 Å². The van der Waals surface area contributed by atoms with E-state index in [4.69, 9.17) is 5.11 Å². The fourth-order valence-corrected chi connectivity index (χ4v) is 2.20. The number of nitrogens with zero attached hydrogens (tertiary/aromatic N) is 1. The molecule has 1 N–H and O–H groups in total. The molecule has 1 aromatic rings. The normalized spacial score (nSPS) is 11.2. The van der Waals surface area contributed by atoms with Crippen LogP contribution in [0.25, 0.3) is 0 Å². The predicted octanol–water partition coefficient (Wildman–Crippen LogP) is 2.86. The van der Waals surface area contributed by atoms with Crippen molar-refractivity contribution in [3.05, 3.63) is 34.4 Å². The monoisotopic (exact) mass is 249 g/mol. The molecule has 1 aromatic carbocycles. The maximum absolute atomic E-state index is 8.76. The summed E-state index contributed by atoms with van der Waals surface area (Å²) in [7, 11) is 2.16. The Hall–Kier alpha value is -0.860. The minimum absolute atomic E-state index is 0.310. The van der Waals surface area contributed by atoms with Crippen LogP contribution in [-0.4, -0.2) is 36.8 Å². The van der Waals surface area contributed by atoms with Gasteiger partial charge in [0.05, 0.1) is 0 Å². The number of aryl methyl sites for hydroxylation is 1. The summed E-state index contributed by atoms with van der Waals surface area (Å²) in [6, 6.07) is 4.49. The number of rotatable bonds is 7. The van der Waals surface area contributed by atoms with Crippen molar-refractivity contribution in [2.45, 2.75) is 40.0 Å². The molecule has 2 nitrogen and oxygen atoms in total. The fourth-order valence-electron chi connectivity index (χ4n) is 2.20. The van der Waals surface area contributed by atoms with Gasteiger partial charge in [-0.3, -0.25) is 0 Å². The molecule has 0 atom stereocenters. The summed E-state index contributed by atoms with van der Waals surface area (Å²) >= 11 is 0. The Morgan fingerprint density at radius 2 is 1.72 bits per heavy atom. The van der Waals surface area contributed by atoms with Crippen molar-refractivity contribution in [1.82, 2.24) is 4.90 Å². The van der Waals surface area contributed by atoms with E-state index in [0.717, 1.165) is 32.4 Å². The first kappa shape index (κ1) is 15.2. The number of unbranched alkanes of at least 4 members (excludes halogenated alkanes) is 1. The van der Waals surface area contributed by atoms with Crippen LogP contribution in [0.5, 0.6) is 0 Å². The smallest absolute Gasteiger partial charge is 0.0431 e. The van der Waals surface area contributed by atoms with Crippen LogP contribution in [0.2, 0.25) is 0 Å². The molecule has 0 spiro atoms. The molecule has 0 saturated carbocycles. The summed E-state index contributed by atoms with van der Waals surface area (Å²) in [6.45, 7) is 9.08. The lowest BCUT2D eigenvalue weighted by Crippen LogP contribution is -2.23. The molecule has 0 aromatic heterocycles. The molecule has 102 valence electrons. The van der Waals surface area contributed by atoms with Gasteiger partial charge in [0, 0.05) is 13.2 Å². The van der Waals surface area contributed by atoms with Gasteiger partial charge in [-0.05, 0) is 75.9 Å². The van der Waals surface area contributed by atoms with Crippen LogP contribution < -0.4 is 0 Å². The number of aliphatic hydroxyl groups excluding tert-OH is 1. The second-order valence-electron chi connectivity index (χ2n) is 5.28. The third-order valence-electron chi connectivity index (χ3n) is 3.88. The second kappa shape index (κ2) is 7.55. The predicted molar refractivity (Wildman–Crippen MR) is 78.2 cm³/mol. The minimum atomic E-state index is 0.310. The van der Waals surface area contributed by atoms with Crippen molar-refractivity contribution in [3.8, 4) is 0 Å². The third kappa shape index (κ3) is 4.43. The van der Waals surface area contributed by atoms with Crippen LogP contribution in [0.15, 0.2) is 12.1 Å². The number of aliphatic hydroxyl groups is 1.